The maximum absolute atomic E-state index is 13.1. The number of rotatable bonds is 5. The first-order chi connectivity index (χ1) is 14.6. The summed E-state index contributed by atoms with van der Waals surface area (Å²) in [7, 11) is 1.60. The number of anilines is 4. The predicted octanol–water partition coefficient (Wildman–Crippen LogP) is 5.13. The highest BCUT2D eigenvalue weighted by Crippen LogP contribution is 2.33. The summed E-state index contributed by atoms with van der Waals surface area (Å²) < 4.78 is 5.17. The average molecular weight is 398 g/mol. The number of nitrogens with two attached hydrogens (primary N) is 1. The number of carbonyl (C=O) groups excluding carboxylic acids is 1. The molecule has 0 aliphatic rings. The molecule has 0 bridgehead atoms. The smallest absolute Gasteiger partial charge is 0.259 e. The second-order valence-electron chi connectivity index (χ2n) is 6.91. The van der Waals surface area contributed by atoms with Crippen LogP contribution in [0.2, 0.25) is 0 Å². The Morgan fingerprint density at radius 2 is 1.77 bits per heavy atom. The average Bonchev–Trinajstić information content (AvgIpc) is 2.76. The number of nitrogens with zero attached hydrogens (tertiary/aromatic N) is 1. The summed E-state index contributed by atoms with van der Waals surface area (Å²) in [5.74, 6) is 0.450. The van der Waals surface area contributed by atoms with Crippen LogP contribution in [0.1, 0.15) is 15.9 Å². The highest BCUT2D eigenvalue weighted by atomic mass is 16.5. The molecule has 0 spiro atoms. The van der Waals surface area contributed by atoms with Gasteiger partial charge in [0.2, 0.25) is 0 Å². The number of hydrogen-bond acceptors (Lipinski definition) is 5. The normalized spacial score (nSPS) is 10.6. The Morgan fingerprint density at radius 1 is 1.00 bits per heavy atom. The van der Waals surface area contributed by atoms with Crippen molar-refractivity contribution in [1.29, 1.82) is 0 Å². The number of methoxy groups -OCH3 is 1. The number of aryl methyl sites for hydroxylation is 1. The van der Waals surface area contributed by atoms with Crippen LogP contribution in [0.3, 0.4) is 0 Å². The number of benzene rings is 3. The molecule has 0 atom stereocenters. The molecule has 6 nitrogen and oxygen atoms in total. The van der Waals surface area contributed by atoms with Crippen molar-refractivity contribution >= 4 is 39.6 Å². The van der Waals surface area contributed by atoms with Crippen LogP contribution in [-0.2, 0) is 0 Å². The second kappa shape index (κ2) is 8.13. The highest BCUT2D eigenvalue weighted by molar-refractivity contribution is 6.14. The first kappa shape index (κ1) is 19.3. The molecule has 1 amide bonds. The van der Waals surface area contributed by atoms with Crippen LogP contribution < -0.4 is 21.1 Å². The van der Waals surface area contributed by atoms with Gasteiger partial charge in [-0.15, -0.1) is 0 Å². The van der Waals surface area contributed by atoms with Crippen molar-refractivity contribution in [2.75, 3.05) is 23.5 Å². The zero-order chi connectivity index (χ0) is 21.1. The van der Waals surface area contributed by atoms with Gasteiger partial charge in [-0.2, -0.15) is 0 Å². The number of ether oxygens (including phenoxy) is 1. The van der Waals surface area contributed by atoms with Crippen LogP contribution in [0.4, 0.5) is 22.7 Å². The molecule has 1 heterocycles. The first-order valence-electron chi connectivity index (χ1n) is 9.52. The van der Waals surface area contributed by atoms with Crippen molar-refractivity contribution in [3.63, 3.8) is 0 Å². The van der Waals surface area contributed by atoms with Crippen LogP contribution in [0.5, 0.6) is 5.75 Å². The molecule has 0 saturated heterocycles. The van der Waals surface area contributed by atoms with Crippen molar-refractivity contribution in [2.24, 2.45) is 0 Å². The van der Waals surface area contributed by atoms with Crippen LogP contribution in [-0.4, -0.2) is 18.0 Å². The number of amides is 1. The van der Waals surface area contributed by atoms with Crippen molar-refractivity contribution in [2.45, 2.75) is 6.92 Å². The van der Waals surface area contributed by atoms with Crippen LogP contribution >= 0.6 is 0 Å². The Morgan fingerprint density at radius 3 is 2.50 bits per heavy atom. The van der Waals surface area contributed by atoms with Gasteiger partial charge in [-0.05, 0) is 48.9 Å². The van der Waals surface area contributed by atoms with Crippen molar-refractivity contribution < 1.29 is 9.53 Å². The summed E-state index contributed by atoms with van der Waals surface area (Å²) in [6.07, 6.45) is 1.55. The number of para-hydroxylation sites is 2. The van der Waals surface area contributed by atoms with Gasteiger partial charge in [-0.3, -0.25) is 9.78 Å². The van der Waals surface area contributed by atoms with E-state index in [1.165, 1.54) is 0 Å². The summed E-state index contributed by atoms with van der Waals surface area (Å²) in [6, 6.07) is 20.6. The number of pyridine rings is 1. The van der Waals surface area contributed by atoms with Crippen LogP contribution in [0, 0.1) is 6.92 Å². The van der Waals surface area contributed by atoms with E-state index in [2.05, 4.69) is 15.6 Å². The molecular weight excluding hydrogens is 376 g/mol. The molecule has 4 aromatic rings. The van der Waals surface area contributed by atoms with E-state index < -0.39 is 0 Å². The molecule has 0 saturated carbocycles. The Bertz CT molecular complexity index is 1220. The zero-order valence-electron chi connectivity index (χ0n) is 16.8. The largest absolute Gasteiger partial charge is 0.497 e. The summed E-state index contributed by atoms with van der Waals surface area (Å²) in [5.41, 5.74) is 11.0. The Balaban J connectivity index is 1.78. The Hall–Kier alpha value is -4.06. The van der Waals surface area contributed by atoms with Gasteiger partial charge >= 0.3 is 0 Å². The first-order valence-corrected chi connectivity index (χ1v) is 9.52. The lowest BCUT2D eigenvalue weighted by molar-refractivity contribution is 0.102. The molecule has 0 unspecified atom stereocenters. The van der Waals surface area contributed by atoms with E-state index in [4.69, 9.17) is 10.5 Å². The second-order valence-corrected chi connectivity index (χ2v) is 6.91. The summed E-state index contributed by atoms with van der Waals surface area (Å²) in [4.78, 5) is 17.6. The lowest BCUT2D eigenvalue weighted by Crippen LogP contribution is -2.15. The van der Waals surface area contributed by atoms with Gasteiger partial charge in [0, 0.05) is 23.0 Å². The fraction of sp³-hybridized carbons (Fsp3) is 0.0833. The number of fused-ring (bicyclic) bond motifs is 1. The van der Waals surface area contributed by atoms with E-state index in [1.54, 1.807) is 43.6 Å². The minimum Gasteiger partial charge on any atom is -0.497 e. The van der Waals surface area contributed by atoms with Crippen LogP contribution in [0.25, 0.3) is 10.9 Å². The molecule has 150 valence electrons. The third kappa shape index (κ3) is 3.75. The quantitative estimate of drug-likeness (QED) is 0.406. The van der Waals surface area contributed by atoms with E-state index in [0.29, 0.717) is 28.1 Å². The van der Waals surface area contributed by atoms with E-state index in [-0.39, 0.29) is 5.91 Å². The molecule has 0 aliphatic carbocycles. The SMILES string of the molecule is COc1ccc(NC(=O)c2cnc3c(N)cccc3c2Nc2ccccc2C)cc1. The molecule has 0 aliphatic heterocycles. The van der Waals surface area contributed by atoms with Gasteiger partial charge in [0.15, 0.2) is 0 Å². The van der Waals surface area contributed by atoms with E-state index >= 15 is 0 Å². The standard InChI is InChI=1S/C24H22N4O2/c1-15-6-3-4-9-21(15)28-22-18-7-5-8-20(25)23(18)26-14-19(22)24(29)27-16-10-12-17(30-2)13-11-16/h3-14H,25H2,1-2H3,(H,26,28)(H,27,29). The summed E-state index contributed by atoms with van der Waals surface area (Å²) >= 11 is 0. The summed E-state index contributed by atoms with van der Waals surface area (Å²) in [6.45, 7) is 2.01. The van der Waals surface area contributed by atoms with Crippen molar-refractivity contribution in [3.8, 4) is 5.75 Å². The highest BCUT2D eigenvalue weighted by Gasteiger charge is 2.17. The molecule has 30 heavy (non-hydrogen) atoms. The zero-order valence-corrected chi connectivity index (χ0v) is 16.8. The fourth-order valence-electron chi connectivity index (χ4n) is 3.27. The number of aromatic nitrogens is 1. The third-order valence-electron chi connectivity index (χ3n) is 4.93. The van der Waals surface area contributed by atoms with Gasteiger partial charge in [-0.25, -0.2) is 0 Å². The topological polar surface area (TPSA) is 89.3 Å². The molecule has 1 aromatic heterocycles. The van der Waals surface area contributed by atoms with Gasteiger partial charge in [-0.1, -0.05) is 30.3 Å². The summed E-state index contributed by atoms with van der Waals surface area (Å²) in [5, 5.41) is 7.12. The number of hydrogen-bond donors (Lipinski definition) is 3. The van der Waals surface area contributed by atoms with E-state index in [0.717, 1.165) is 22.4 Å². The molecule has 4 N–H and O–H groups in total. The maximum Gasteiger partial charge on any atom is 0.259 e. The lowest BCUT2D eigenvalue weighted by atomic mass is 10.1. The molecule has 0 fully saturated rings. The minimum atomic E-state index is -0.270. The molecule has 0 radical (unpaired) electrons. The van der Waals surface area contributed by atoms with Crippen LogP contribution in [0.15, 0.2) is 72.9 Å². The van der Waals surface area contributed by atoms with E-state index in [9.17, 15) is 4.79 Å². The van der Waals surface area contributed by atoms with Gasteiger partial charge < -0.3 is 21.1 Å². The fourth-order valence-corrected chi connectivity index (χ4v) is 3.27. The number of carbonyl (C=O) groups is 1. The monoisotopic (exact) mass is 398 g/mol. The number of nitrogens with one attached hydrogen (secondary N) is 2. The van der Waals surface area contributed by atoms with Gasteiger partial charge in [0.1, 0.15) is 5.75 Å². The molecule has 3 aromatic carbocycles. The van der Waals surface area contributed by atoms with Crippen molar-refractivity contribution in [3.05, 3.63) is 84.1 Å². The minimum absolute atomic E-state index is 0.270. The Kier molecular flexibility index (Phi) is 5.22. The maximum atomic E-state index is 13.1. The Labute approximate surface area is 174 Å². The van der Waals surface area contributed by atoms with Gasteiger partial charge in [0.25, 0.3) is 5.91 Å². The third-order valence-corrected chi connectivity index (χ3v) is 4.93. The molecule has 4 rings (SSSR count). The lowest BCUT2D eigenvalue weighted by Gasteiger charge is -2.17. The van der Waals surface area contributed by atoms with E-state index in [1.807, 2.05) is 43.3 Å². The predicted molar refractivity (Wildman–Crippen MR) is 122 cm³/mol. The van der Waals surface area contributed by atoms with Crippen molar-refractivity contribution in [1.82, 2.24) is 4.98 Å². The molecule has 6 heteroatoms. The van der Waals surface area contributed by atoms with Gasteiger partial charge in [0.05, 0.1) is 29.6 Å². The molecular formula is C24H22N4O2. The number of nitrogen functional groups attached to an aromatic ring is 1.